The van der Waals surface area contributed by atoms with Crippen LogP contribution in [0.15, 0.2) is 34.6 Å². The Kier molecular flexibility index (Phi) is 3.63. The smallest absolute Gasteiger partial charge is 0.233 e. The lowest BCUT2D eigenvalue weighted by Crippen LogP contribution is -2.29. The Morgan fingerprint density at radius 1 is 1.00 bits per heavy atom. The molecule has 0 bridgehead atoms. The van der Waals surface area contributed by atoms with Gasteiger partial charge in [0.05, 0.1) is 0 Å². The Labute approximate surface area is 135 Å². The average Bonchev–Trinajstić information content (AvgIpc) is 2.64. The fraction of sp³-hybridized carbons (Fsp3) is 0.368. The first-order chi connectivity index (χ1) is 10.8. The van der Waals surface area contributed by atoms with E-state index in [4.69, 9.17) is 0 Å². The van der Waals surface area contributed by atoms with E-state index in [1.54, 1.807) is 26.0 Å². The predicted octanol–water partition coefficient (Wildman–Crippen LogP) is 3.11. The number of aliphatic hydroxyl groups is 1. The summed E-state index contributed by atoms with van der Waals surface area (Å²) >= 11 is 0. The zero-order chi connectivity index (χ0) is 16.9. The van der Waals surface area contributed by atoms with Crippen molar-refractivity contribution in [3.63, 3.8) is 0 Å². The highest BCUT2D eigenvalue weighted by atomic mass is 16.3. The van der Waals surface area contributed by atoms with Gasteiger partial charge in [-0.05, 0) is 54.5 Å². The molecule has 0 fully saturated rings. The molecule has 0 atom stereocenters. The molecule has 0 saturated carbocycles. The number of ketones is 2. The molecule has 2 aliphatic carbocycles. The van der Waals surface area contributed by atoms with Crippen molar-refractivity contribution in [2.75, 3.05) is 0 Å². The lowest BCUT2D eigenvalue weighted by Gasteiger charge is -2.22. The van der Waals surface area contributed by atoms with E-state index in [1.165, 1.54) is 0 Å². The van der Waals surface area contributed by atoms with Gasteiger partial charge in [-0.1, -0.05) is 13.8 Å². The fourth-order valence-electron chi connectivity index (χ4n) is 3.63. The van der Waals surface area contributed by atoms with Crippen molar-refractivity contribution in [2.45, 2.75) is 40.0 Å². The van der Waals surface area contributed by atoms with Crippen LogP contribution in [0, 0.1) is 12.8 Å². The van der Waals surface area contributed by atoms with Crippen LogP contribution in [-0.4, -0.2) is 21.8 Å². The Morgan fingerprint density at radius 3 is 2.35 bits per heavy atom. The lowest BCUT2D eigenvalue weighted by atomic mass is 9.81. The van der Waals surface area contributed by atoms with Gasteiger partial charge in [0.2, 0.25) is 11.6 Å². The zero-order valence-corrected chi connectivity index (χ0v) is 13.6. The third kappa shape index (κ3) is 2.38. The predicted molar refractivity (Wildman–Crippen MR) is 86.4 cm³/mol. The third-order valence-electron chi connectivity index (χ3n) is 4.75. The van der Waals surface area contributed by atoms with Crippen LogP contribution in [0.2, 0.25) is 0 Å². The molecule has 3 rings (SSSR count). The van der Waals surface area contributed by atoms with E-state index in [9.17, 15) is 19.8 Å². The highest BCUT2D eigenvalue weighted by Gasteiger charge is 2.37. The van der Waals surface area contributed by atoms with Crippen LogP contribution < -0.4 is 0 Å². The Bertz CT molecular complexity index is 794. The first-order valence-electron chi connectivity index (χ1n) is 7.87. The number of fused-ring (bicyclic) bond motifs is 1. The van der Waals surface area contributed by atoms with Gasteiger partial charge in [-0.3, -0.25) is 9.59 Å². The van der Waals surface area contributed by atoms with Crippen LogP contribution in [0.3, 0.4) is 0 Å². The molecule has 0 radical (unpaired) electrons. The van der Waals surface area contributed by atoms with Crippen molar-refractivity contribution < 1.29 is 19.8 Å². The van der Waals surface area contributed by atoms with Gasteiger partial charge in [-0.15, -0.1) is 0 Å². The van der Waals surface area contributed by atoms with Crippen LogP contribution >= 0.6 is 0 Å². The summed E-state index contributed by atoms with van der Waals surface area (Å²) in [5.41, 5.74) is 4.09. The number of rotatable bonds is 1. The maximum atomic E-state index is 12.5. The molecule has 120 valence electrons. The van der Waals surface area contributed by atoms with Gasteiger partial charge in [0.1, 0.15) is 11.5 Å². The number of carbonyl (C=O) groups excluding carboxylic acids is 2. The first-order valence-corrected chi connectivity index (χ1v) is 7.87. The van der Waals surface area contributed by atoms with Crippen molar-refractivity contribution in [1.29, 1.82) is 0 Å². The Morgan fingerprint density at radius 2 is 1.70 bits per heavy atom. The van der Waals surface area contributed by atoms with E-state index in [0.29, 0.717) is 24.0 Å². The van der Waals surface area contributed by atoms with Gasteiger partial charge in [-0.2, -0.15) is 0 Å². The van der Waals surface area contributed by atoms with Crippen LogP contribution in [0.1, 0.15) is 37.0 Å². The molecule has 0 aromatic heterocycles. The summed E-state index contributed by atoms with van der Waals surface area (Å²) in [6.07, 6.45) is 1.48. The average molecular weight is 312 g/mol. The highest BCUT2D eigenvalue weighted by molar-refractivity contribution is 6.50. The van der Waals surface area contributed by atoms with E-state index in [-0.39, 0.29) is 29.4 Å². The molecular weight excluding hydrogens is 292 g/mol. The number of carbonyl (C=O) groups is 2. The van der Waals surface area contributed by atoms with Gasteiger partial charge in [0.25, 0.3) is 0 Å². The normalized spacial score (nSPS) is 18.3. The number of phenolic OH excluding ortho intramolecular Hbond substituents is 1. The van der Waals surface area contributed by atoms with Crippen LogP contribution in [0.25, 0.3) is 0 Å². The molecule has 4 heteroatoms. The molecular formula is C19H20O4. The van der Waals surface area contributed by atoms with Crippen LogP contribution in [0.5, 0.6) is 5.75 Å². The number of hydrogen-bond acceptors (Lipinski definition) is 4. The molecule has 0 amide bonds. The largest absolute Gasteiger partial charge is 0.508 e. The van der Waals surface area contributed by atoms with E-state index < -0.39 is 11.6 Å². The van der Waals surface area contributed by atoms with Crippen molar-refractivity contribution in [3.8, 4) is 5.75 Å². The van der Waals surface area contributed by atoms with Crippen molar-refractivity contribution >= 4 is 11.6 Å². The second-order valence-electron chi connectivity index (χ2n) is 6.61. The van der Waals surface area contributed by atoms with Crippen molar-refractivity contribution in [3.05, 3.63) is 51.3 Å². The minimum absolute atomic E-state index is 0.0192. The second-order valence-corrected chi connectivity index (χ2v) is 6.61. The number of aliphatic hydroxyl groups excluding tert-OH is 1. The van der Waals surface area contributed by atoms with Gasteiger partial charge in [-0.25, -0.2) is 0 Å². The van der Waals surface area contributed by atoms with E-state index in [1.807, 2.05) is 6.92 Å². The fourth-order valence-corrected chi connectivity index (χ4v) is 3.63. The Hall–Kier alpha value is -2.36. The molecule has 0 spiro atoms. The standard InChI is InChI=1S/C19H20O4/c1-9(2)16-17(21)14-5-4-13-10(3)6-12(20)7-11(13)8-15(14)18(22)19(16)23/h6-7,9,20-21H,4-5,8H2,1-3H3. The summed E-state index contributed by atoms with van der Waals surface area (Å²) in [5.74, 6) is -1.18. The molecule has 2 aliphatic rings. The minimum atomic E-state index is -0.600. The molecule has 0 aliphatic heterocycles. The second kappa shape index (κ2) is 5.37. The highest BCUT2D eigenvalue weighted by Crippen LogP contribution is 2.37. The number of allylic oxidation sites excluding steroid dienone is 3. The molecule has 0 heterocycles. The number of benzene rings is 1. The Balaban J connectivity index is 2.16. The summed E-state index contributed by atoms with van der Waals surface area (Å²) in [6, 6.07) is 3.35. The van der Waals surface area contributed by atoms with Gasteiger partial charge in [0, 0.05) is 23.1 Å². The van der Waals surface area contributed by atoms with Crippen molar-refractivity contribution in [1.82, 2.24) is 0 Å². The molecule has 23 heavy (non-hydrogen) atoms. The topological polar surface area (TPSA) is 74.6 Å². The summed E-state index contributed by atoms with van der Waals surface area (Å²) in [7, 11) is 0. The number of aryl methyl sites for hydroxylation is 1. The molecule has 4 nitrogen and oxygen atoms in total. The van der Waals surface area contributed by atoms with Crippen LogP contribution in [0.4, 0.5) is 0 Å². The quantitative estimate of drug-likeness (QED) is 0.617. The maximum Gasteiger partial charge on any atom is 0.233 e. The first kappa shape index (κ1) is 15.5. The van der Waals surface area contributed by atoms with E-state index >= 15 is 0 Å². The van der Waals surface area contributed by atoms with Crippen LogP contribution in [-0.2, 0) is 22.4 Å². The molecule has 1 aromatic rings. The molecule has 2 N–H and O–H groups in total. The summed E-state index contributed by atoms with van der Waals surface area (Å²) in [5, 5.41) is 20.4. The van der Waals surface area contributed by atoms with Gasteiger partial charge < -0.3 is 10.2 Å². The molecule has 1 aromatic carbocycles. The SMILES string of the molecule is Cc1cc(O)cc2c1CCC1=C(C2)C(=O)C(=O)C(C(C)C)=C1O. The number of phenols is 1. The number of aromatic hydroxyl groups is 1. The number of Topliss-reactive ketones (excluding diaryl/α,β-unsaturated/α-hetero) is 2. The zero-order valence-electron chi connectivity index (χ0n) is 13.6. The minimum Gasteiger partial charge on any atom is -0.508 e. The summed E-state index contributed by atoms with van der Waals surface area (Å²) in [4.78, 5) is 24.9. The monoisotopic (exact) mass is 312 g/mol. The van der Waals surface area contributed by atoms with E-state index in [2.05, 4.69) is 0 Å². The van der Waals surface area contributed by atoms with Crippen molar-refractivity contribution in [2.24, 2.45) is 5.92 Å². The molecule has 0 saturated heterocycles. The third-order valence-corrected chi connectivity index (χ3v) is 4.75. The summed E-state index contributed by atoms with van der Waals surface area (Å²) in [6.45, 7) is 5.52. The van der Waals surface area contributed by atoms with Gasteiger partial charge >= 0.3 is 0 Å². The van der Waals surface area contributed by atoms with E-state index in [0.717, 1.165) is 16.7 Å². The van der Waals surface area contributed by atoms with Gasteiger partial charge in [0.15, 0.2) is 0 Å². The summed E-state index contributed by atoms with van der Waals surface area (Å²) < 4.78 is 0. The lowest BCUT2D eigenvalue weighted by molar-refractivity contribution is -0.132. The maximum absolute atomic E-state index is 12.5. The molecule has 0 unspecified atom stereocenters. The number of hydrogen-bond donors (Lipinski definition) is 2.